The van der Waals surface area contributed by atoms with Crippen LogP contribution in [0.5, 0.6) is 0 Å². The second-order valence-corrected chi connectivity index (χ2v) is 6.66. The average Bonchev–Trinajstić information content (AvgIpc) is 2.64. The minimum atomic E-state index is -0.370. The Labute approximate surface area is 152 Å². The van der Waals surface area contributed by atoms with E-state index in [1.165, 1.54) is 4.57 Å². The highest BCUT2D eigenvalue weighted by Gasteiger charge is 2.24. The molecule has 26 heavy (non-hydrogen) atoms. The molecular weight excluding hydrogens is 332 g/mol. The lowest BCUT2D eigenvalue weighted by Crippen LogP contribution is -2.43. The highest BCUT2D eigenvalue weighted by Crippen LogP contribution is 2.16. The van der Waals surface area contributed by atoms with E-state index in [4.69, 9.17) is 4.74 Å². The van der Waals surface area contributed by atoms with Crippen LogP contribution >= 0.6 is 0 Å². The molecule has 0 atom stereocenters. The smallest absolute Gasteiger partial charge is 0.348 e. The van der Waals surface area contributed by atoms with Crippen molar-refractivity contribution >= 4 is 5.91 Å². The van der Waals surface area contributed by atoms with Crippen molar-refractivity contribution in [3.63, 3.8) is 0 Å². The zero-order valence-corrected chi connectivity index (χ0v) is 15.2. The fraction of sp³-hybridized carbons (Fsp3) is 0.474. The Bertz CT molecular complexity index is 811. The van der Waals surface area contributed by atoms with Crippen molar-refractivity contribution in [2.24, 2.45) is 0 Å². The predicted molar refractivity (Wildman–Crippen MR) is 96.6 cm³/mol. The second-order valence-electron chi connectivity index (χ2n) is 6.66. The molecule has 0 radical (unpaired) electrons. The molecule has 0 bridgehead atoms. The van der Waals surface area contributed by atoms with Gasteiger partial charge in [0, 0.05) is 36.9 Å². The Morgan fingerprint density at radius 3 is 2.73 bits per heavy atom. The maximum Gasteiger partial charge on any atom is 0.348 e. The first-order valence-electron chi connectivity index (χ1n) is 8.86. The van der Waals surface area contributed by atoms with Crippen LogP contribution < -0.4 is 5.69 Å². The number of likely N-dealkylation sites (tertiary alicyclic amines) is 1. The average molecular weight is 356 g/mol. The van der Waals surface area contributed by atoms with Gasteiger partial charge in [0.05, 0.1) is 12.7 Å². The summed E-state index contributed by atoms with van der Waals surface area (Å²) >= 11 is 0. The Hall–Kier alpha value is -2.54. The number of pyridine rings is 1. The number of nitrogens with zero attached hydrogens (tertiary/aromatic N) is 4. The number of hydrogen-bond donors (Lipinski definition) is 0. The molecule has 1 amide bonds. The van der Waals surface area contributed by atoms with Crippen LogP contribution in [-0.2, 0) is 22.7 Å². The third-order valence-corrected chi connectivity index (χ3v) is 4.64. The number of carbonyl (C=O) groups excluding carboxylic acids is 1. The minimum Gasteiger partial charge on any atom is -0.373 e. The summed E-state index contributed by atoms with van der Waals surface area (Å²) in [5, 5.41) is 0. The standard InChI is InChI=1S/C19H24N4O3/c1-14-10-15(2)23(19(25)21-14)12-18(24)22-8-5-17(6-9-22)26-13-16-4-3-7-20-11-16/h3-4,7,10-11,17H,5-6,8-9,12-13H2,1-2H3. The third-order valence-electron chi connectivity index (χ3n) is 4.64. The summed E-state index contributed by atoms with van der Waals surface area (Å²) in [4.78, 5) is 34.3. The molecule has 0 saturated carbocycles. The molecule has 138 valence electrons. The molecule has 2 aromatic heterocycles. The van der Waals surface area contributed by atoms with E-state index >= 15 is 0 Å². The van der Waals surface area contributed by atoms with Crippen molar-refractivity contribution in [1.82, 2.24) is 19.4 Å². The first kappa shape index (κ1) is 18.3. The van der Waals surface area contributed by atoms with Gasteiger partial charge in [-0.05, 0) is 44.4 Å². The number of carbonyl (C=O) groups is 1. The van der Waals surface area contributed by atoms with Crippen molar-refractivity contribution in [3.8, 4) is 0 Å². The lowest BCUT2D eigenvalue weighted by Gasteiger charge is -2.32. The van der Waals surface area contributed by atoms with Crippen molar-refractivity contribution < 1.29 is 9.53 Å². The number of ether oxygens (including phenoxy) is 1. The molecule has 1 saturated heterocycles. The van der Waals surface area contributed by atoms with Gasteiger partial charge in [0.15, 0.2) is 0 Å². The molecule has 3 rings (SSSR count). The first-order chi connectivity index (χ1) is 12.5. The van der Waals surface area contributed by atoms with E-state index < -0.39 is 0 Å². The van der Waals surface area contributed by atoms with Crippen LogP contribution in [0.4, 0.5) is 0 Å². The Morgan fingerprint density at radius 1 is 1.31 bits per heavy atom. The van der Waals surface area contributed by atoms with Crippen LogP contribution in [-0.4, -0.2) is 44.5 Å². The molecule has 1 aliphatic rings. The van der Waals surface area contributed by atoms with Crippen molar-refractivity contribution in [2.75, 3.05) is 13.1 Å². The van der Waals surface area contributed by atoms with E-state index in [0.717, 1.165) is 24.1 Å². The van der Waals surface area contributed by atoms with Gasteiger partial charge in [0.1, 0.15) is 6.54 Å². The molecule has 7 heteroatoms. The van der Waals surface area contributed by atoms with Crippen molar-refractivity contribution in [2.45, 2.75) is 45.9 Å². The van der Waals surface area contributed by atoms with E-state index in [2.05, 4.69) is 9.97 Å². The zero-order chi connectivity index (χ0) is 18.5. The first-order valence-corrected chi connectivity index (χ1v) is 8.86. The molecule has 1 aliphatic heterocycles. The van der Waals surface area contributed by atoms with Crippen molar-refractivity contribution in [3.05, 3.63) is 58.0 Å². The number of aryl methyl sites for hydroxylation is 2. The highest BCUT2D eigenvalue weighted by molar-refractivity contribution is 5.76. The van der Waals surface area contributed by atoms with Crippen LogP contribution in [0.15, 0.2) is 35.4 Å². The molecule has 0 unspecified atom stereocenters. The van der Waals surface area contributed by atoms with E-state index in [-0.39, 0.29) is 24.2 Å². The second kappa shape index (κ2) is 8.23. The van der Waals surface area contributed by atoms with E-state index in [9.17, 15) is 9.59 Å². The number of amides is 1. The van der Waals surface area contributed by atoms with Gasteiger partial charge in [-0.1, -0.05) is 6.07 Å². The molecule has 2 aromatic rings. The van der Waals surface area contributed by atoms with Gasteiger partial charge >= 0.3 is 5.69 Å². The summed E-state index contributed by atoms with van der Waals surface area (Å²) in [7, 11) is 0. The van der Waals surface area contributed by atoms with Gasteiger partial charge < -0.3 is 9.64 Å². The molecular formula is C19H24N4O3. The van der Waals surface area contributed by atoms with Crippen molar-refractivity contribution in [1.29, 1.82) is 0 Å². The Balaban J connectivity index is 1.50. The summed E-state index contributed by atoms with van der Waals surface area (Å²) in [6, 6.07) is 5.69. The predicted octanol–water partition coefficient (Wildman–Crippen LogP) is 1.46. The Kier molecular flexibility index (Phi) is 5.78. The number of aromatic nitrogens is 3. The van der Waals surface area contributed by atoms with Crippen LogP contribution in [0.1, 0.15) is 29.8 Å². The third kappa shape index (κ3) is 4.54. The molecule has 3 heterocycles. The fourth-order valence-electron chi connectivity index (χ4n) is 3.17. The van der Waals surface area contributed by atoms with Gasteiger partial charge in [-0.3, -0.25) is 14.3 Å². The SMILES string of the molecule is Cc1cc(C)n(CC(=O)N2CCC(OCc3cccnc3)CC2)c(=O)n1. The summed E-state index contributed by atoms with van der Waals surface area (Å²) in [6.07, 6.45) is 5.28. The lowest BCUT2D eigenvalue weighted by molar-refractivity contribution is -0.134. The topological polar surface area (TPSA) is 77.3 Å². The molecule has 7 nitrogen and oxygen atoms in total. The van der Waals surface area contributed by atoms with Gasteiger partial charge in [-0.15, -0.1) is 0 Å². The normalized spacial score (nSPS) is 15.2. The summed E-state index contributed by atoms with van der Waals surface area (Å²) in [6.45, 7) is 5.46. The zero-order valence-electron chi connectivity index (χ0n) is 15.2. The van der Waals surface area contributed by atoms with Crippen LogP contribution in [0, 0.1) is 13.8 Å². The van der Waals surface area contributed by atoms with Crippen LogP contribution in [0.2, 0.25) is 0 Å². The number of hydrogen-bond acceptors (Lipinski definition) is 5. The van der Waals surface area contributed by atoms with Crippen LogP contribution in [0.25, 0.3) is 0 Å². The van der Waals surface area contributed by atoms with Gasteiger partial charge in [-0.25, -0.2) is 4.79 Å². The molecule has 0 aromatic carbocycles. The highest BCUT2D eigenvalue weighted by atomic mass is 16.5. The molecule has 0 N–H and O–H groups in total. The largest absolute Gasteiger partial charge is 0.373 e. The number of rotatable bonds is 5. The monoisotopic (exact) mass is 356 g/mol. The van der Waals surface area contributed by atoms with Crippen LogP contribution in [0.3, 0.4) is 0 Å². The van der Waals surface area contributed by atoms with E-state index in [1.807, 2.05) is 25.1 Å². The minimum absolute atomic E-state index is 0.0408. The molecule has 0 aliphatic carbocycles. The Morgan fingerprint density at radius 2 is 2.08 bits per heavy atom. The summed E-state index contributed by atoms with van der Waals surface area (Å²) in [5.74, 6) is -0.0495. The summed E-state index contributed by atoms with van der Waals surface area (Å²) < 4.78 is 7.35. The molecule has 0 spiro atoms. The van der Waals surface area contributed by atoms with E-state index in [1.54, 1.807) is 24.2 Å². The quantitative estimate of drug-likeness (QED) is 0.811. The fourth-order valence-corrected chi connectivity index (χ4v) is 3.17. The lowest BCUT2D eigenvalue weighted by atomic mass is 10.1. The maximum atomic E-state index is 12.5. The molecule has 1 fully saturated rings. The van der Waals surface area contributed by atoms with Gasteiger partial charge in [0.2, 0.25) is 5.91 Å². The maximum absolute atomic E-state index is 12.5. The van der Waals surface area contributed by atoms with Gasteiger partial charge in [0.25, 0.3) is 0 Å². The summed E-state index contributed by atoms with van der Waals surface area (Å²) in [5.41, 5.74) is 2.10. The van der Waals surface area contributed by atoms with E-state index in [0.29, 0.717) is 25.4 Å². The van der Waals surface area contributed by atoms with Gasteiger partial charge in [-0.2, -0.15) is 4.98 Å². The number of piperidine rings is 1.